The number of ether oxygens (including phenoxy) is 2. The third kappa shape index (κ3) is 7.55. The molecule has 3 rings (SSSR count). The molecule has 9 nitrogen and oxygen atoms in total. The molecule has 0 unspecified atom stereocenters. The van der Waals surface area contributed by atoms with E-state index < -0.39 is 30.0 Å². The second-order valence-electron chi connectivity index (χ2n) is 9.03. The third-order valence-corrected chi connectivity index (χ3v) is 7.14. The molecule has 0 bridgehead atoms. The van der Waals surface area contributed by atoms with Gasteiger partial charge < -0.3 is 29.9 Å². The van der Waals surface area contributed by atoms with Crippen molar-refractivity contribution in [1.82, 2.24) is 10.2 Å². The van der Waals surface area contributed by atoms with Crippen molar-refractivity contribution in [2.45, 2.75) is 51.0 Å². The largest absolute Gasteiger partial charge is 0.493 e. The number of rotatable bonds is 12. The van der Waals surface area contributed by atoms with E-state index in [-0.39, 0.29) is 61.1 Å². The first-order chi connectivity index (χ1) is 18.7. The molecular formula is C28H32FIN2O7. The van der Waals surface area contributed by atoms with Crippen LogP contribution in [0.4, 0.5) is 4.39 Å². The van der Waals surface area contributed by atoms with Crippen molar-refractivity contribution in [3.63, 3.8) is 0 Å². The van der Waals surface area contributed by atoms with Gasteiger partial charge in [-0.2, -0.15) is 0 Å². The van der Waals surface area contributed by atoms with Gasteiger partial charge in [-0.3, -0.25) is 14.4 Å². The van der Waals surface area contributed by atoms with Gasteiger partial charge in [0.1, 0.15) is 24.3 Å². The standard InChI is InChI=1S/C28H32FIN2O7/c1-3-6-25(35)32(15-18-7-4-5-8-20(18)29)22-13-19(28(37)31-9-10-33)14-23(26(22)36)39-27-21(30)11-17(16-34)12-24(27)38-2/h4-5,7-8,11-12,14,16,22-23,26,33,36H,3,6,9-10,13,15H2,1-2H3,(H,31,37)/t22-,23+,26+/m1/s1. The number of nitrogens with one attached hydrogen (secondary N) is 1. The summed E-state index contributed by atoms with van der Waals surface area (Å²) in [6.45, 7) is 1.48. The Bertz CT molecular complexity index is 1220. The first kappa shape index (κ1) is 30.5. The number of hydrogen-bond donors (Lipinski definition) is 3. The van der Waals surface area contributed by atoms with Gasteiger partial charge in [-0.05, 0) is 53.3 Å². The quantitative estimate of drug-likeness (QED) is 0.238. The number of halogens is 2. The van der Waals surface area contributed by atoms with Crippen molar-refractivity contribution in [1.29, 1.82) is 0 Å². The maximum Gasteiger partial charge on any atom is 0.247 e. The molecule has 0 heterocycles. The van der Waals surface area contributed by atoms with E-state index in [1.807, 2.05) is 29.5 Å². The summed E-state index contributed by atoms with van der Waals surface area (Å²) in [7, 11) is 1.41. The first-order valence-corrected chi connectivity index (χ1v) is 13.6. The van der Waals surface area contributed by atoms with Crippen LogP contribution in [-0.2, 0) is 16.1 Å². The van der Waals surface area contributed by atoms with Crippen molar-refractivity contribution < 1.29 is 38.5 Å². The fourth-order valence-corrected chi connectivity index (χ4v) is 5.15. The maximum absolute atomic E-state index is 14.6. The van der Waals surface area contributed by atoms with Crippen LogP contribution in [0.5, 0.6) is 11.5 Å². The van der Waals surface area contributed by atoms with E-state index in [1.165, 1.54) is 30.2 Å². The number of methoxy groups -OCH3 is 1. The fourth-order valence-electron chi connectivity index (χ4n) is 4.40. The van der Waals surface area contributed by atoms with Crippen LogP contribution in [0.1, 0.15) is 42.1 Å². The van der Waals surface area contributed by atoms with E-state index in [1.54, 1.807) is 24.3 Å². The minimum Gasteiger partial charge on any atom is -0.493 e. The lowest BCUT2D eigenvalue weighted by molar-refractivity contribution is -0.139. The lowest BCUT2D eigenvalue weighted by Gasteiger charge is -2.40. The smallest absolute Gasteiger partial charge is 0.247 e. The zero-order chi connectivity index (χ0) is 28.5. The number of aliphatic hydroxyl groups is 2. The lowest BCUT2D eigenvalue weighted by atomic mass is 9.87. The van der Waals surface area contributed by atoms with Crippen LogP contribution in [0.2, 0.25) is 0 Å². The van der Waals surface area contributed by atoms with Gasteiger partial charge in [0.05, 0.1) is 23.3 Å². The van der Waals surface area contributed by atoms with Gasteiger partial charge in [0.15, 0.2) is 11.5 Å². The second kappa shape index (κ2) is 14.4. The highest BCUT2D eigenvalue weighted by atomic mass is 127. The molecule has 11 heteroatoms. The third-order valence-electron chi connectivity index (χ3n) is 6.34. The number of benzene rings is 2. The highest BCUT2D eigenvalue weighted by Crippen LogP contribution is 2.37. The Morgan fingerprint density at radius 2 is 2.03 bits per heavy atom. The first-order valence-electron chi connectivity index (χ1n) is 12.5. The maximum atomic E-state index is 14.6. The van der Waals surface area contributed by atoms with Crippen LogP contribution in [0, 0.1) is 9.39 Å². The molecule has 39 heavy (non-hydrogen) atoms. The van der Waals surface area contributed by atoms with E-state index >= 15 is 0 Å². The zero-order valence-corrected chi connectivity index (χ0v) is 23.9. The molecule has 0 radical (unpaired) electrons. The van der Waals surface area contributed by atoms with E-state index in [4.69, 9.17) is 14.6 Å². The van der Waals surface area contributed by atoms with Crippen molar-refractivity contribution in [2.24, 2.45) is 0 Å². The molecule has 0 spiro atoms. The molecule has 3 N–H and O–H groups in total. The van der Waals surface area contributed by atoms with E-state index in [9.17, 15) is 23.9 Å². The number of aliphatic hydroxyl groups excluding tert-OH is 2. The van der Waals surface area contributed by atoms with Gasteiger partial charge in [0.25, 0.3) is 0 Å². The van der Waals surface area contributed by atoms with Crippen LogP contribution in [0.25, 0.3) is 0 Å². The monoisotopic (exact) mass is 654 g/mol. The predicted molar refractivity (Wildman–Crippen MR) is 150 cm³/mol. The molecule has 0 fully saturated rings. The van der Waals surface area contributed by atoms with Crippen LogP contribution in [0.15, 0.2) is 48.0 Å². The zero-order valence-electron chi connectivity index (χ0n) is 21.7. The topological polar surface area (TPSA) is 125 Å². The van der Waals surface area contributed by atoms with Crippen molar-refractivity contribution in [3.8, 4) is 11.5 Å². The molecule has 0 saturated heterocycles. The summed E-state index contributed by atoms with van der Waals surface area (Å²) in [6, 6.07) is 8.23. The molecular weight excluding hydrogens is 622 g/mol. The number of hydrogen-bond acceptors (Lipinski definition) is 7. The Balaban J connectivity index is 2.05. The molecule has 210 valence electrons. The van der Waals surface area contributed by atoms with Gasteiger partial charge in [0, 0.05) is 42.6 Å². The molecule has 0 aliphatic heterocycles. The number of carbonyl (C=O) groups is 3. The van der Waals surface area contributed by atoms with Crippen molar-refractivity contribution >= 4 is 40.7 Å². The lowest BCUT2D eigenvalue weighted by Crippen LogP contribution is -2.54. The SMILES string of the molecule is CCCC(=O)N(Cc1ccccc1F)[C@@H]1CC(C(=O)NCCO)=C[C@H](Oc2c(I)cc(C=O)cc2OC)[C@H]1O. The van der Waals surface area contributed by atoms with Crippen LogP contribution in [-0.4, -0.2) is 71.7 Å². The molecule has 1 aliphatic carbocycles. The molecule has 3 atom stereocenters. The second-order valence-corrected chi connectivity index (χ2v) is 10.2. The molecule has 1 aliphatic rings. The highest BCUT2D eigenvalue weighted by molar-refractivity contribution is 14.1. The van der Waals surface area contributed by atoms with Crippen molar-refractivity contribution in [3.05, 3.63) is 68.6 Å². The fraction of sp³-hybridized carbons (Fsp3) is 0.393. The summed E-state index contributed by atoms with van der Waals surface area (Å²) >= 11 is 1.98. The number of amides is 2. The van der Waals surface area contributed by atoms with Gasteiger partial charge in [-0.1, -0.05) is 25.1 Å². The van der Waals surface area contributed by atoms with Crippen LogP contribution < -0.4 is 14.8 Å². The molecule has 2 aromatic rings. The van der Waals surface area contributed by atoms with Gasteiger partial charge in [0.2, 0.25) is 11.8 Å². The molecule has 0 aromatic heterocycles. The Morgan fingerprint density at radius 3 is 2.67 bits per heavy atom. The number of aldehydes is 1. The van der Waals surface area contributed by atoms with Crippen molar-refractivity contribution in [2.75, 3.05) is 20.3 Å². The average Bonchev–Trinajstić information content (AvgIpc) is 2.93. The van der Waals surface area contributed by atoms with Gasteiger partial charge >= 0.3 is 0 Å². The number of carbonyl (C=O) groups excluding carboxylic acids is 3. The average molecular weight is 654 g/mol. The summed E-state index contributed by atoms with van der Waals surface area (Å²) in [5.41, 5.74) is 0.879. The minimum absolute atomic E-state index is 0.0134. The minimum atomic E-state index is -1.29. The Hall–Kier alpha value is -3.03. The molecule has 2 aromatic carbocycles. The molecule has 0 saturated carbocycles. The Kier molecular flexibility index (Phi) is 11.3. The predicted octanol–water partition coefficient (Wildman–Crippen LogP) is 3.00. The normalized spacial score (nSPS) is 18.6. The number of nitrogens with zero attached hydrogens (tertiary/aromatic N) is 1. The van der Waals surface area contributed by atoms with Gasteiger partial charge in [-0.15, -0.1) is 0 Å². The highest BCUT2D eigenvalue weighted by Gasteiger charge is 2.41. The summed E-state index contributed by atoms with van der Waals surface area (Å²) in [6.07, 6.45) is 0.441. The summed E-state index contributed by atoms with van der Waals surface area (Å²) in [5.74, 6) is -0.774. The van der Waals surface area contributed by atoms with E-state index in [2.05, 4.69) is 5.32 Å². The summed E-state index contributed by atoms with van der Waals surface area (Å²) in [4.78, 5) is 39.0. The van der Waals surface area contributed by atoms with E-state index in [0.717, 1.165) is 0 Å². The van der Waals surface area contributed by atoms with Crippen LogP contribution in [0.3, 0.4) is 0 Å². The van der Waals surface area contributed by atoms with Gasteiger partial charge in [-0.25, -0.2) is 4.39 Å². The Morgan fingerprint density at radius 1 is 1.28 bits per heavy atom. The van der Waals surface area contributed by atoms with Crippen LogP contribution >= 0.6 is 22.6 Å². The van der Waals surface area contributed by atoms with E-state index in [0.29, 0.717) is 21.8 Å². The Labute approximate surface area is 240 Å². The summed E-state index contributed by atoms with van der Waals surface area (Å²) in [5, 5.41) is 23.3. The molecule has 2 amide bonds. The summed E-state index contributed by atoms with van der Waals surface area (Å²) < 4.78 is 26.7.